The zero-order valence-corrected chi connectivity index (χ0v) is 39.0. The highest BCUT2D eigenvalue weighted by Gasteiger charge is 2.31. The lowest BCUT2D eigenvalue weighted by atomic mass is 9.78. The predicted molar refractivity (Wildman–Crippen MR) is 238 cm³/mol. The molecule has 0 amide bonds. The fourth-order valence-electron chi connectivity index (χ4n) is 7.61. The molecule has 0 bridgehead atoms. The molecular formula is C49H71N3O6. The van der Waals surface area contributed by atoms with E-state index in [4.69, 9.17) is 4.74 Å². The molecule has 0 saturated heterocycles. The molecule has 9 nitrogen and oxygen atoms in total. The molecule has 0 spiro atoms. The number of aromatic nitrogens is 3. The van der Waals surface area contributed by atoms with Crippen LogP contribution >= 0.6 is 0 Å². The van der Waals surface area contributed by atoms with Crippen molar-refractivity contribution in [2.24, 2.45) is 0 Å². The van der Waals surface area contributed by atoms with E-state index in [9.17, 15) is 24.6 Å². The van der Waals surface area contributed by atoms with Crippen molar-refractivity contribution in [1.82, 2.24) is 13.7 Å². The van der Waals surface area contributed by atoms with E-state index < -0.39 is 38.7 Å². The van der Waals surface area contributed by atoms with Crippen molar-refractivity contribution in [3.05, 3.63) is 118 Å². The largest absolute Gasteiger partial charge is 0.507 e. The molecule has 0 aliphatic rings. The third-order valence-corrected chi connectivity index (χ3v) is 10.9. The second-order valence-electron chi connectivity index (χ2n) is 22.4. The lowest BCUT2D eigenvalue weighted by Crippen LogP contribution is -2.55. The number of methoxy groups -OCH3 is 1. The summed E-state index contributed by atoms with van der Waals surface area (Å²) < 4.78 is 9.44. The summed E-state index contributed by atoms with van der Waals surface area (Å²) in [7, 11) is 1.66. The van der Waals surface area contributed by atoms with Crippen LogP contribution in [0.25, 0.3) is 0 Å². The summed E-state index contributed by atoms with van der Waals surface area (Å²) in [4.78, 5) is 44.3. The number of phenols is 2. The Morgan fingerprint density at radius 3 is 0.759 bits per heavy atom. The molecule has 0 atom stereocenters. The zero-order chi connectivity index (χ0) is 44.5. The monoisotopic (exact) mass is 798 g/mol. The van der Waals surface area contributed by atoms with Gasteiger partial charge in [0.05, 0.1) is 26.7 Å². The second kappa shape index (κ2) is 15.3. The lowest BCUT2D eigenvalue weighted by Gasteiger charge is -2.30. The van der Waals surface area contributed by atoms with Gasteiger partial charge in [-0.05, 0) is 108 Å². The molecule has 318 valence electrons. The van der Waals surface area contributed by atoms with Crippen LogP contribution in [0.3, 0.4) is 0 Å². The van der Waals surface area contributed by atoms with Crippen LogP contribution in [-0.4, -0.2) is 31.0 Å². The third-order valence-electron chi connectivity index (χ3n) is 10.9. The average Bonchev–Trinajstić information content (AvgIpc) is 3.04. The van der Waals surface area contributed by atoms with Crippen molar-refractivity contribution in [1.29, 1.82) is 0 Å². The maximum Gasteiger partial charge on any atom is 0.336 e. The van der Waals surface area contributed by atoms with Gasteiger partial charge in [0.15, 0.2) is 0 Å². The zero-order valence-electron chi connectivity index (χ0n) is 39.0. The molecule has 0 radical (unpaired) electrons. The minimum absolute atomic E-state index is 0.0831. The SMILES string of the molecule is COc1c(C(C)(C)C)cc(Cn2c(=O)n(Cc3cc(C(C)(C)C)c(O)c(C(C)(C)C)c3)c(=O)n(Cc3cc(C(C)(C)C)c(O)c(C(C)(C)C)c3)c2=O)cc1C(C)(C)C. The van der Waals surface area contributed by atoms with Crippen molar-refractivity contribution in [2.45, 2.75) is 177 Å². The van der Waals surface area contributed by atoms with Crippen molar-refractivity contribution in [3.63, 3.8) is 0 Å². The first-order valence-electron chi connectivity index (χ1n) is 20.5. The van der Waals surface area contributed by atoms with Crippen molar-refractivity contribution < 1.29 is 14.9 Å². The summed E-state index contributed by atoms with van der Waals surface area (Å²) in [6.45, 7) is 36.4. The molecule has 58 heavy (non-hydrogen) atoms. The number of hydrogen-bond acceptors (Lipinski definition) is 6. The van der Waals surface area contributed by atoms with Gasteiger partial charge in [0.25, 0.3) is 0 Å². The topological polar surface area (TPSA) is 116 Å². The lowest BCUT2D eigenvalue weighted by molar-refractivity contribution is 0.381. The summed E-state index contributed by atoms with van der Waals surface area (Å²) in [6.07, 6.45) is 0. The fraction of sp³-hybridized carbons (Fsp3) is 0.571. The smallest absolute Gasteiger partial charge is 0.336 e. The van der Waals surface area contributed by atoms with E-state index in [1.807, 2.05) is 119 Å². The van der Waals surface area contributed by atoms with Crippen LogP contribution in [0, 0.1) is 0 Å². The van der Waals surface area contributed by atoms with E-state index in [0.717, 1.165) is 36.1 Å². The van der Waals surface area contributed by atoms with Crippen LogP contribution in [0.4, 0.5) is 0 Å². The molecule has 1 aromatic heterocycles. The quantitative estimate of drug-likeness (QED) is 0.193. The molecule has 0 unspecified atom stereocenters. The Morgan fingerprint density at radius 2 is 0.586 bits per heavy atom. The maximum atomic E-state index is 14.8. The fourth-order valence-corrected chi connectivity index (χ4v) is 7.61. The van der Waals surface area contributed by atoms with Crippen LogP contribution < -0.4 is 21.8 Å². The van der Waals surface area contributed by atoms with Crippen molar-refractivity contribution in [3.8, 4) is 17.2 Å². The van der Waals surface area contributed by atoms with Gasteiger partial charge in [-0.1, -0.05) is 125 Å². The van der Waals surface area contributed by atoms with Crippen LogP contribution in [0.5, 0.6) is 17.2 Å². The van der Waals surface area contributed by atoms with Crippen molar-refractivity contribution in [2.75, 3.05) is 7.11 Å². The maximum absolute atomic E-state index is 14.8. The Labute approximate surface area is 346 Å². The number of aromatic hydroxyl groups is 2. The molecule has 1 heterocycles. The third kappa shape index (κ3) is 9.50. The Morgan fingerprint density at radius 1 is 0.397 bits per heavy atom. The number of ether oxygens (including phenoxy) is 1. The van der Waals surface area contributed by atoms with Crippen LogP contribution in [0.1, 0.15) is 175 Å². The minimum atomic E-state index is -0.739. The summed E-state index contributed by atoms with van der Waals surface area (Å²) >= 11 is 0. The van der Waals surface area contributed by atoms with Gasteiger partial charge in [-0.3, -0.25) is 0 Å². The summed E-state index contributed by atoms with van der Waals surface area (Å²) in [5, 5.41) is 23.0. The standard InChI is InChI=1S/C49H71N3O6/c1-44(2,3)32-20-29(21-33(38(32)53)45(4,5)6)26-50-41(55)51(27-30-22-34(46(7,8)9)39(54)35(23-30)47(10,11)12)43(57)52(42(50)56)28-31-24-36(48(13,14)15)40(58-19)37(25-31)49(16,17)18/h20-25,53-54H,26-28H2,1-19H3. The van der Waals surface area contributed by atoms with E-state index in [-0.39, 0.29) is 42.0 Å². The van der Waals surface area contributed by atoms with Crippen LogP contribution in [0.2, 0.25) is 0 Å². The van der Waals surface area contributed by atoms with Crippen LogP contribution in [0.15, 0.2) is 50.8 Å². The number of nitrogens with zero attached hydrogens (tertiary/aromatic N) is 3. The van der Waals surface area contributed by atoms with Gasteiger partial charge in [0, 0.05) is 11.1 Å². The average molecular weight is 798 g/mol. The van der Waals surface area contributed by atoms with E-state index >= 15 is 0 Å². The second-order valence-corrected chi connectivity index (χ2v) is 22.4. The Balaban J connectivity index is 2.13. The number of benzene rings is 3. The molecule has 3 aromatic carbocycles. The molecular weight excluding hydrogens is 727 g/mol. The summed E-state index contributed by atoms with van der Waals surface area (Å²) in [6, 6.07) is 11.4. The van der Waals surface area contributed by atoms with Crippen molar-refractivity contribution >= 4 is 0 Å². The first kappa shape index (κ1) is 46.2. The molecule has 0 aliphatic heterocycles. The normalized spacial score (nSPS) is 13.3. The minimum Gasteiger partial charge on any atom is -0.507 e. The van der Waals surface area contributed by atoms with E-state index in [0.29, 0.717) is 33.4 Å². The number of hydrogen-bond donors (Lipinski definition) is 2. The highest BCUT2D eigenvalue weighted by Crippen LogP contribution is 2.43. The Hall–Kier alpha value is -4.53. The molecule has 0 aliphatic carbocycles. The first-order chi connectivity index (χ1) is 26.1. The van der Waals surface area contributed by atoms with E-state index in [1.54, 1.807) is 7.11 Å². The van der Waals surface area contributed by atoms with E-state index in [1.165, 1.54) is 0 Å². The highest BCUT2D eigenvalue weighted by atomic mass is 16.5. The first-order valence-corrected chi connectivity index (χ1v) is 20.5. The summed E-state index contributed by atoms with van der Waals surface area (Å²) in [5.41, 5.74) is 2.14. The highest BCUT2D eigenvalue weighted by molar-refractivity contribution is 5.52. The molecule has 2 N–H and O–H groups in total. The van der Waals surface area contributed by atoms with Gasteiger partial charge in [0.1, 0.15) is 17.2 Å². The van der Waals surface area contributed by atoms with Crippen LogP contribution in [-0.2, 0) is 52.1 Å². The number of rotatable bonds is 7. The predicted octanol–water partition coefficient (Wildman–Crippen LogP) is 9.52. The summed E-state index contributed by atoms with van der Waals surface area (Å²) in [5.74, 6) is 1.16. The van der Waals surface area contributed by atoms with Gasteiger partial charge < -0.3 is 14.9 Å². The number of phenolic OH excluding ortho intramolecular Hbond substituents is 2. The van der Waals surface area contributed by atoms with E-state index in [2.05, 4.69) is 41.5 Å². The molecule has 0 fully saturated rings. The Kier molecular flexibility index (Phi) is 12.1. The van der Waals surface area contributed by atoms with Gasteiger partial charge >= 0.3 is 17.1 Å². The molecule has 4 rings (SSSR count). The van der Waals surface area contributed by atoms with Gasteiger partial charge in [-0.2, -0.15) is 0 Å². The van der Waals surface area contributed by atoms with Gasteiger partial charge in [-0.15, -0.1) is 0 Å². The Bertz CT molecular complexity index is 2160. The molecule has 0 saturated carbocycles. The van der Waals surface area contributed by atoms with Gasteiger partial charge in [-0.25, -0.2) is 28.1 Å². The van der Waals surface area contributed by atoms with Gasteiger partial charge in [0.2, 0.25) is 0 Å². The molecule has 4 aromatic rings. The molecule has 9 heteroatoms.